The van der Waals surface area contributed by atoms with Crippen molar-refractivity contribution in [1.29, 1.82) is 0 Å². The van der Waals surface area contributed by atoms with Crippen LogP contribution >= 0.6 is 54.5 Å². The molecule has 0 aliphatic rings. The normalized spacial score (nSPS) is 12.8. The van der Waals surface area contributed by atoms with E-state index in [0.717, 1.165) is 26.6 Å². The Hall–Kier alpha value is -0.600. The lowest BCUT2D eigenvalue weighted by Gasteiger charge is -2.13. The molecule has 3 aromatic rings. The topological polar surface area (TPSA) is 48.6 Å². The third kappa shape index (κ3) is 2.73. The summed E-state index contributed by atoms with van der Waals surface area (Å²) in [7, 11) is 0. The maximum absolute atomic E-state index is 11.3. The minimum atomic E-state index is -0.182. The van der Waals surface area contributed by atoms with Crippen LogP contribution < -0.4 is 5.69 Å². The molecule has 1 heterocycles. The summed E-state index contributed by atoms with van der Waals surface area (Å²) >= 11 is 9.62. The first-order valence-electron chi connectivity index (χ1n) is 5.85. The Labute approximate surface area is 145 Å². The van der Waals surface area contributed by atoms with E-state index in [1.165, 1.54) is 3.57 Å². The van der Waals surface area contributed by atoms with Gasteiger partial charge in [0.15, 0.2) is 0 Å². The summed E-state index contributed by atoms with van der Waals surface area (Å²) in [5.41, 5.74) is 3.71. The fourth-order valence-electron chi connectivity index (χ4n) is 2.10. The molecule has 3 nitrogen and oxygen atoms in total. The molecular formula is C14H9Br2IN2O. The molecular weight excluding hydrogens is 499 g/mol. The van der Waals surface area contributed by atoms with Crippen molar-refractivity contribution >= 4 is 65.5 Å². The van der Waals surface area contributed by atoms with Gasteiger partial charge in [-0.2, -0.15) is 0 Å². The van der Waals surface area contributed by atoms with Gasteiger partial charge < -0.3 is 9.97 Å². The van der Waals surface area contributed by atoms with Crippen molar-refractivity contribution in [2.45, 2.75) is 4.83 Å². The molecule has 6 heteroatoms. The number of aromatic amines is 2. The van der Waals surface area contributed by atoms with Crippen LogP contribution in [0.2, 0.25) is 0 Å². The molecule has 3 rings (SSSR count). The summed E-state index contributed by atoms with van der Waals surface area (Å²) in [6.07, 6.45) is 0. The molecule has 1 atom stereocenters. The van der Waals surface area contributed by atoms with Gasteiger partial charge in [-0.15, -0.1) is 0 Å². The van der Waals surface area contributed by atoms with Crippen LogP contribution in [0.4, 0.5) is 0 Å². The van der Waals surface area contributed by atoms with Crippen LogP contribution in [0, 0.1) is 3.57 Å². The zero-order chi connectivity index (χ0) is 14.3. The quantitative estimate of drug-likeness (QED) is 0.383. The van der Waals surface area contributed by atoms with Crippen molar-refractivity contribution < 1.29 is 0 Å². The largest absolute Gasteiger partial charge is 0.323 e. The Balaban J connectivity index is 2.09. The first kappa shape index (κ1) is 14.3. The zero-order valence-corrected chi connectivity index (χ0v) is 15.4. The Bertz CT molecular complexity index is 841. The van der Waals surface area contributed by atoms with E-state index in [-0.39, 0.29) is 10.5 Å². The number of nitrogens with one attached hydrogen (secondary N) is 2. The van der Waals surface area contributed by atoms with Crippen LogP contribution in [0.15, 0.2) is 45.7 Å². The molecule has 2 N–H and O–H groups in total. The van der Waals surface area contributed by atoms with E-state index in [2.05, 4.69) is 76.6 Å². The lowest BCUT2D eigenvalue weighted by Crippen LogP contribution is -1.99. The summed E-state index contributed by atoms with van der Waals surface area (Å²) in [6, 6.07) is 12.1. The van der Waals surface area contributed by atoms with E-state index in [0.29, 0.717) is 0 Å². The molecule has 0 radical (unpaired) electrons. The van der Waals surface area contributed by atoms with Crippen molar-refractivity contribution in [3.63, 3.8) is 0 Å². The summed E-state index contributed by atoms with van der Waals surface area (Å²) in [5.74, 6) is 0. The van der Waals surface area contributed by atoms with Crippen LogP contribution in [0.1, 0.15) is 16.0 Å². The Morgan fingerprint density at radius 2 is 1.80 bits per heavy atom. The second-order valence-electron chi connectivity index (χ2n) is 4.41. The van der Waals surface area contributed by atoms with Gasteiger partial charge in [-0.3, -0.25) is 0 Å². The predicted octanol–water partition coefficient (Wildman–Crippen LogP) is 4.71. The summed E-state index contributed by atoms with van der Waals surface area (Å²) in [6.45, 7) is 0. The SMILES string of the molecule is O=c1[nH]c2ccc(C(Br)c3cc(I)ccc3Br)cc2[nH]1. The maximum Gasteiger partial charge on any atom is 0.323 e. The highest BCUT2D eigenvalue weighted by Crippen LogP contribution is 2.36. The fourth-order valence-corrected chi connectivity index (χ4v) is 4.06. The number of benzene rings is 2. The van der Waals surface area contributed by atoms with E-state index in [1.807, 2.05) is 24.3 Å². The van der Waals surface area contributed by atoms with Gasteiger partial charge in [-0.05, 0) is 64.0 Å². The van der Waals surface area contributed by atoms with E-state index < -0.39 is 0 Å². The third-order valence-electron chi connectivity index (χ3n) is 3.06. The zero-order valence-electron chi connectivity index (χ0n) is 10.1. The van der Waals surface area contributed by atoms with Crippen molar-refractivity contribution in [1.82, 2.24) is 9.97 Å². The number of alkyl halides is 1. The predicted molar refractivity (Wildman–Crippen MR) is 96.5 cm³/mol. The second-order valence-corrected chi connectivity index (χ2v) is 7.43. The van der Waals surface area contributed by atoms with Gasteiger partial charge in [0, 0.05) is 8.04 Å². The first-order chi connectivity index (χ1) is 9.54. The fraction of sp³-hybridized carbons (Fsp3) is 0.0714. The molecule has 0 saturated heterocycles. The van der Waals surface area contributed by atoms with Crippen molar-refractivity contribution in [2.24, 2.45) is 0 Å². The average molecular weight is 508 g/mol. The number of imidazole rings is 1. The molecule has 0 amide bonds. The highest BCUT2D eigenvalue weighted by atomic mass is 127. The lowest BCUT2D eigenvalue weighted by molar-refractivity contribution is 1.16. The minimum absolute atomic E-state index is 0.0643. The number of hydrogen-bond donors (Lipinski definition) is 2. The van der Waals surface area contributed by atoms with Gasteiger partial charge in [-0.25, -0.2) is 4.79 Å². The van der Waals surface area contributed by atoms with Gasteiger partial charge in [0.25, 0.3) is 0 Å². The molecule has 0 bridgehead atoms. The molecule has 1 aromatic heterocycles. The Morgan fingerprint density at radius 1 is 1.05 bits per heavy atom. The van der Waals surface area contributed by atoms with Gasteiger partial charge in [0.05, 0.1) is 15.9 Å². The lowest BCUT2D eigenvalue weighted by atomic mass is 10.0. The molecule has 0 saturated carbocycles. The van der Waals surface area contributed by atoms with Crippen LogP contribution in [0.3, 0.4) is 0 Å². The molecule has 1 unspecified atom stereocenters. The Morgan fingerprint density at radius 3 is 2.60 bits per heavy atom. The number of halogens is 3. The minimum Gasteiger partial charge on any atom is -0.306 e. The highest BCUT2D eigenvalue weighted by Gasteiger charge is 2.15. The van der Waals surface area contributed by atoms with Gasteiger partial charge in [0.2, 0.25) is 0 Å². The highest BCUT2D eigenvalue weighted by molar-refractivity contribution is 14.1. The number of rotatable bonds is 2. The molecule has 0 fully saturated rings. The van der Waals surface area contributed by atoms with Crippen LogP contribution in [0.25, 0.3) is 11.0 Å². The number of aromatic nitrogens is 2. The monoisotopic (exact) mass is 506 g/mol. The molecule has 0 spiro atoms. The maximum atomic E-state index is 11.3. The molecule has 20 heavy (non-hydrogen) atoms. The molecule has 0 aliphatic heterocycles. The number of hydrogen-bond acceptors (Lipinski definition) is 1. The van der Waals surface area contributed by atoms with Gasteiger partial charge in [0.1, 0.15) is 0 Å². The van der Waals surface area contributed by atoms with Crippen LogP contribution in [-0.4, -0.2) is 9.97 Å². The third-order valence-corrected chi connectivity index (χ3v) is 5.48. The van der Waals surface area contributed by atoms with Crippen molar-refractivity contribution in [3.05, 3.63) is 66.1 Å². The van der Waals surface area contributed by atoms with E-state index >= 15 is 0 Å². The Kier molecular flexibility index (Phi) is 4.05. The van der Waals surface area contributed by atoms with E-state index in [9.17, 15) is 4.79 Å². The first-order valence-corrected chi connectivity index (χ1v) is 8.64. The summed E-state index contributed by atoms with van der Waals surface area (Å²) in [4.78, 5) is 16.9. The second kappa shape index (κ2) is 5.65. The molecule has 2 aromatic carbocycles. The number of H-pyrrole nitrogens is 2. The van der Waals surface area contributed by atoms with Crippen molar-refractivity contribution in [3.8, 4) is 0 Å². The van der Waals surface area contributed by atoms with Crippen LogP contribution in [0.5, 0.6) is 0 Å². The van der Waals surface area contributed by atoms with Crippen LogP contribution in [-0.2, 0) is 0 Å². The molecule has 0 aliphatic carbocycles. The van der Waals surface area contributed by atoms with Gasteiger partial charge >= 0.3 is 5.69 Å². The standard InChI is InChI=1S/C14H9Br2IN2O/c15-10-3-2-8(17)6-9(10)13(16)7-1-4-11-12(5-7)19-14(20)18-11/h1-6,13H,(H2,18,19,20). The van der Waals surface area contributed by atoms with Gasteiger partial charge in [-0.1, -0.05) is 37.9 Å². The van der Waals surface area contributed by atoms with E-state index in [4.69, 9.17) is 0 Å². The summed E-state index contributed by atoms with van der Waals surface area (Å²) < 4.78 is 2.24. The van der Waals surface area contributed by atoms with E-state index in [1.54, 1.807) is 0 Å². The summed E-state index contributed by atoms with van der Waals surface area (Å²) in [5, 5.41) is 0. The smallest absolute Gasteiger partial charge is 0.306 e. The average Bonchev–Trinajstić information content (AvgIpc) is 2.79. The number of fused-ring (bicyclic) bond motifs is 1. The van der Waals surface area contributed by atoms with Crippen molar-refractivity contribution in [2.75, 3.05) is 0 Å². The molecule has 102 valence electrons.